The van der Waals surface area contributed by atoms with Crippen molar-refractivity contribution < 1.29 is 36.0 Å². The molecule has 1 fully saturated rings. The van der Waals surface area contributed by atoms with Crippen LogP contribution in [0.5, 0.6) is 5.75 Å². The average Bonchev–Trinajstić information content (AvgIpc) is 2.90. The fourth-order valence-corrected chi connectivity index (χ4v) is 6.84. The molecule has 2 unspecified atom stereocenters. The first-order chi connectivity index (χ1) is 18.6. The Morgan fingerprint density at radius 1 is 0.875 bits per heavy atom. The molecule has 2 atom stereocenters. The van der Waals surface area contributed by atoms with Crippen molar-refractivity contribution in [1.29, 1.82) is 0 Å². The van der Waals surface area contributed by atoms with Gasteiger partial charge in [0.2, 0.25) is 0 Å². The van der Waals surface area contributed by atoms with E-state index in [1.807, 2.05) is 31.2 Å². The lowest BCUT2D eigenvalue weighted by Gasteiger charge is -2.34. The van der Waals surface area contributed by atoms with Crippen molar-refractivity contribution in [3.8, 4) is 5.75 Å². The smallest absolute Gasteiger partial charge is 0.405 e. The molecule has 1 saturated heterocycles. The van der Waals surface area contributed by atoms with Crippen LogP contribution in [-0.2, 0) is 41.7 Å². The van der Waals surface area contributed by atoms with Gasteiger partial charge in [0.05, 0.1) is 24.1 Å². The summed E-state index contributed by atoms with van der Waals surface area (Å²) in [6.45, 7) is 10.5. The van der Waals surface area contributed by atoms with Crippen molar-refractivity contribution in [2.24, 2.45) is 0 Å². The molecule has 1 aliphatic rings. The molecule has 0 saturated carbocycles. The maximum absolute atomic E-state index is 14.0. The minimum Gasteiger partial charge on any atom is -0.483 e. The van der Waals surface area contributed by atoms with Crippen LogP contribution in [0.25, 0.3) is 0 Å². The zero-order valence-electron chi connectivity index (χ0n) is 23.2. The minimum absolute atomic E-state index is 0.00593. The van der Waals surface area contributed by atoms with Gasteiger partial charge in [-0.05, 0) is 91.9 Å². The minimum atomic E-state index is -5.62. The summed E-state index contributed by atoms with van der Waals surface area (Å²) in [6, 6.07) is 23.1. The van der Waals surface area contributed by atoms with E-state index in [9.17, 15) is 17.2 Å². The van der Waals surface area contributed by atoms with Crippen LogP contribution >= 0.6 is 0 Å². The van der Waals surface area contributed by atoms with Gasteiger partial charge in [-0.3, -0.25) is 4.55 Å². The third kappa shape index (κ3) is 6.52. The molecule has 1 N–H and O–H groups in total. The summed E-state index contributed by atoms with van der Waals surface area (Å²) in [7, 11) is -6.17. The first-order valence-corrected chi connectivity index (χ1v) is 15.6. The quantitative estimate of drug-likeness (QED) is 0.225. The lowest BCUT2D eigenvalue weighted by atomic mass is 9.87. The number of alkyl halides is 2. The Labute approximate surface area is 237 Å². The summed E-state index contributed by atoms with van der Waals surface area (Å²) in [5.41, 5.74) is 2.11. The van der Waals surface area contributed by atoms with E-state index in [1.54, 1.807) is 12.1 Å². The molecule has 0 radical (unpaired) electrons. The van der Waals surface area contributed by atoms with Crippen molar-refractivity contribution in [3.63, 3.8) is 0 Å². The Bertz CT molecular complexity index is 1390. The highest BCUT2D eigenvalue weighted by atomic mass is 32.2. The predicted octanol–water partition coefficient (Wildman–Crippen LogP) is 6.94. The molecular weight excluding hydrogens is 558 g/mol. The highest BCUT2D eigenvalue weighted by Crippen LogP contribution is 2.37. The summed E-state index contributed by atoms with van der Waals surface area (Å²) in [5, 5.41) is -4.45. The second-order valence-electron chi connectivity index (χ2n) is 10.9. The van der Waals surface area contributed by atoms with Gasteiger partial charge in [0.15, 0.2) is 26.6 Å². The topological polar surface area (TPSA) is 82.1 Å². The van der Waals surface area contributed by atoms with Crippen LogP contribution in [0.3, 0.4) is 0 Å². The van der Waals surface area contributed by atoms with Crippen LogP contribution < -0.4 is 4.74 Å². The number of benzene rings is 3. The third-order valence-corrected chi connectivity index (χ3v) is 10.1. The molecule has 6 nitrogen and oxygen atoms in total. The Kier molecular flexibility index (Phi) is 8.69. The van der Waals surface area contributed by atoms with Crippen LogP contribution in [0.15, 0.2) is 87.5 Å². The molecule has 0 spiro atoms. The Morgan fingerprint density at radius 2 is 1.32 bits per heavy atom. The molecule has 1 aliphatic heterocycles. The zero-order valence-corrected chi connectivity index (χ0v) is 24.8. The molecule has 0 amide bonds. The second-order valence-corrected chi connectivity index (χ2v) is 14.4. The predicted molar refractivity (Wildman–Crippen MR) is 151 cm³/mol. The maximum atomic E-state index is 14.0. The Balaban J connectivity index is 1.67. The van der Waals surface area contributed by atoms with E-state index in [1.165, 1.54) is 17.7 Å². The second kappa shape index (κ2) is 11.4. The van der Waals surface area contributed by atoms with Gasteiger partial charge in [-0.25, -0.2) is 0 Å². The lowest BCUT2D eigenvalue weighted by Crippen LogP contribution is -2.42. The molecule has 0 bridgehead atoms. The van der Waals surface area contributed by atoms with Gasteiger partial charge >= 0.3 is 15.4 Å². The fraction of sp³-hybridized carbons (Fsp3) is 0.400. The number of rotatable bonds is 8. The van der Waals surface area contributed by atoms with E-state index in [4.69, 9.17) is 18.8 Å². The molecule has 3 aromatic rings. The van der Waals surface area contributed by atoms with E-state index in [2.05, 4.69) is 45.0 Å². The van der Waals surface area contributed by atoms with E-state index in [0.717, 1.165) is 33.6 Å². The first-order valence-electron chi connectivity index (χ1n) is 13.0. The fourth-order valence-electron chi connectivity index (χ4n) is 4.33. The largest absolute Gasteiger partial charge is 0.483 e. The number of hydrogen-bond acceptors (Lipinski definition) is 5. The van der Waals surface area contributed by atoms with Crippen molar-refractivity contribution >= 4 is 21.0 Å². The number of halogens is 2. The van der Waals surface area contributed by atoms with Crippen molar-refractivity contribution in [3.05, 3.63) is 83.9 Å². The van der Waals surface area contributed by atoms with E-state index < -0.39 is 38.2 Å². The molecule has 216 valence electrons. The van der Waals surface area contributed by atoms with Gasteiger partial charge in [-0.1, -0.05) is 32.9 Å². The molecule has 0 aromatic heterocycles. The molecule has 4 rings (SSSR count). The van der Waals surface area contributed by atoms with Crippen molar-refractivity contribution in [1.82, 2.24) is 0 Å². The SMILES string of the molecule is CC(Oc1ccc([S+](c2ccc(C(C)(C)C)cc2)c2ccc(C3(C)OCCCO3)cc2)cc1)C(F)(F)S(=O)(=O)O. The molecule has 1 heterocycles. The summed E-state index contributed by atoms with van der Waals surface area (Å²) in [4.78, 5) is 3.01. The van der Waals surface area contributed by atoms with Crippen LogP contribution in [0.2, 0.25) is 0 Å². The van der Waals surface area contributed by atoms with Gasteiger partial charge in [0, 0.05) is 5.56 Å². The van der Waals surface area contributed by atoms with Gasteiger partial charge in [0.25, 0.3) is 0 Å². The monoisotopic (exact) mass is 593 g/mol. The molecule has 0 aliphatic carbocycles. The maximum Gasteiger partial charge on any atom is 0.405 e. The zero-order chi connectivity index (χ0) is 29.3. The molecule has 3 aromatic carbocycles. The summed E-state index contributed by atoms with van der Waals surface area (Å²) < 4.78 is 76.0. The van der Waals surface area contributed by atoms with E-state index in [-0.39, 0.29) is 11.2 Å². The van der Waals surface area contributed by atoms with Gasteiger partial charge in [-0.15, -0.1) is 0 Å². The first kappa shape index (κ1) is 30.5. The normalized spacial score (nSPS) is 17.7. The van der Waals surface area contributed by atoms with Crippen LogP contribution in [0.4, 0.5) is 8.78 Å². The van der Waals surface area contributed by atoms with Crippen LogP contribution in [-0.4, -0.2) is 37.5 Å². The standard InChI is InChI=1S/C30H34F2O6S2/c1-21(30(31,32)40(33,34)35)38-24-11-17-27(18-12-24)39(25-13-7-22(8-14-25)28(2,3)4)26-15-9-23(10-16-26)29(5)36-19-6-20-37-29/h7-18,21H,6,19-20H2,1-5H3/p+1. The van der Waals surface area contributed by atoms with Crippen LogP contribution in [0, 0.1) is 0 Å². The number of ether oxygens (including phenoxy) is 3. The van der Waals surface area contributed by atoms with Crippen molar-refractivity contribution in [2.45, 2.75) is 78.3 Å². The highest BCUT2D eigenvalue weighted by molar-refractivity contribution is 7.97. The number of hydrogen-bond donors (Lipinski definition) is 1. The lowest BCUT2D eigenvalue weighted by molar-refractivity contribution is -0.264. The van der Waals surface area contributed by atoms with Gasteiger partial charge in [-0.2, -0.15) is 17.2 Å². The third-order valence-electron chi connectivity index (χ3n) is 6.80. The summed E-state index contributed by atoms with van der Waals surface area (Å²) in [5.74, 6) is -0.745. The van der Waals surface area contributed by atoms with Gasteiger partial charge in [0.1, 0.15) is 5.75 Å². The Hall–Kier alpha value is -2.50. The molecule has 40 heavy (non-hydrogen) atoms. The van der Waals surface area contributed by atoms with Gasteiger partial charge < -0.3 is 14.2 Å². The van der Waals surface area contributed by atoms with Crippen LogP contribution in [0.1, 0.15) is 52.2 Å². The highest BCUT2D eigenvalue weighted by Gasteiger charge is 2.51. The Morgan fingerprint density at radius 3 is 1.77 bits per heavy atom. The summed E-state index contributed by atoms with van der Waals surface area (Å²) in [6.07, 6.45) is -1.23. The van der Waals surface area contributed by atoms with E-state index in [0.29, 0.717) is 13.2 Å². The molecule has 10 heteroatoms. The van der Waals surface area contributed by atoms with E-state index >= 15 is 0 Å². The van der Waals surface area contributed by atoms with Crippen molar-refractivity contribution in [2.75, 3.05) is 13.2 Å². The average molecular weight is 594 g/mol. The summed E-state index contributed by atoms with van der Waals surface area (Å²) >= 11 is 0. The molecular formula is C30H35F2O6S2+.